The first-order valence-electron chi connectivity index (χ1n) is 1.26. The molecule has 0 saturated heterocycles. The van der Waals surface area contributed by atoms with Gasteiger partial charge in [-0.15, -0.1) is 12.4 Å². The third kappa shape index (κ3) is 15400. The second-order valence-electron chi connectivity index (χ2n) is 0.547. The monoisotopic (exact) mass is 160 g/mol. The van der Waals surface area contributed by atoms with E-state index in [-0.39, 0.29) is 37.2 Å². The molecule has 0 aliphatic carbocycles. The standard InChI is InChI=1S/CH5N3.CHNS.ClH.Li/c2-1(3)4;2-1-3;;/h(H5,2,3,4);3H;1H;/q;;;+1/p-1. The van der Waals surface area contributed by atoms with E-state index in [9.17, 15) is 0 Å². The van der Waals surface area contributed by atoms with Crippen LogP contribution in [0.25, 0.3) is 0 Å². The maximum Gasteiger partial charge on any atom is 1.00 e. The Kier molecular flexibility index (Phi) is 63.9. The number of rotatable bonds is 0. The van der Waals surface area contributed by atoms with E-state index in [2.05, 4.69) is 24.1 Å². The van der Waals surface area contributed by atoms with Crippen molar-refractivity contribution in [3.63, 3.8) is 0 Å². The summed E-state index contributed by atoms with van der Waals surface area (Å²) in [5.74, 6) is -0.333. The van der Waals surface area contributed by atoms with Crippen molar-refractivity contribution in [2.75, 3.05) is 0 Å². The van der Waals surface area contributed by atoms with E-state index >= 15 is 0 Å². The first-order chi connectivity index (χ1) is 3.15. The third-order valence-corrected chi connectivity index (χ3v) is 0. The number of thiocyanates is 1. The summed E-state index contributed by atoms with van der Waals surface area (Å²) >= 11 is 3.70. The molecule has 0 rings (SSSR count). The van der Waals surface area contributed by atoms with Gasteiger partial charge in [-0.05, 0) is 0 Å². The Hall–Kier alpha value is -0.133. The Morgan fingerprint density at radius 1 is 1.56 bits per heavy atom. The Morgan fingerprint density at radius 2 is 1.56 bits per heavy atom. The third-order valence-electron chi connectivity index (χ3n) is 0. The smallest absolute Gasteiger partial charge is 0.696 e. The Morgan fingerprint density at radius 3 is 1.56 bits per heavy atom. The van der Waals surface area contributed by atoms with Gasteiger partial charge in [0.25, 0.3) is 0 Å². The average molecular weight is 161 g/mol. The molecule has 0 fully saturated rings. The number of nitrogens with zero attached hydrogens (tertiary/aromatic N) is 1. The zero-order valence-corrected chi connectivity index (χ0v) is 6.55. The molecule has 5 N–H and O–H groups in total. The average Bonchev–Trinajstić information content (AvgIpc) is 1.33. The van der Waals surface area contributed by atoms with Crippen molar-refractivity contribution in [1.29, 1.82) is 10.7 Å². The summed E-state index contributed by atoms with van der Waals surface area (Å²) < 4.78 is 0. The van der Waals surface area contributed by atoms with Crippen molar-refractivity contribution in [3.8, 4) is 5.40 Å². The van der Waals surface area contributed by atoms with Gasteiger partial charge in [-0.1, -0.05) is 5.40 Å². The minimum Gasteiger partial charge on any atom is -0.696 e. The predicted molar refractivity (Wildman–Crippen MR) is 36.3 cm³/mol. The molecule has 48 valence electrons. The fourth-order valence-electron chi connectivity index (χ4n) is 0. The SMILES string of the molecule is Cl.N#C[S-].N=C(N)N.[Li+]. The van der Waals surface area contributed by atoms with Gasteiger partial charge in [0.05, 0.1) is 0 Å². The summed E-state index contributed by atoms with van der Waals surface area (Å²) in [7, 11) is 0. The van der Waals surface area contributed by atoms with Gasteiger partial charge in [0.1, 0.15) is 0 Å². The molecule has 0 atom stereocenters. The molecule has 0 bridgehead atoms. The van der Waals surface area contributed by atoms with E-state index in [1.54, 1.807) is 0 Å². The van der Waals surface area contributed by atoms with E-state index in [1.165, 1.54) is 5.40 Å². The molecule has 0 unspecified atom stereocenters. The van der Waals surface area contributed by atoms with Crippen LogP contribution in [0.2, 0.25) is 0 Å². The number of halogens is 1. The van der Waals surface area contributed by atoms with E-state index in [0.717, 1.165) is 0 Å². The van der Waals surface area contributed by atoms with E-state index < -0.39 is 0 Å². The molecule has 0 saturated carbocycles. The minimum absolute atomic E-state index is 0. The Balaban J connectivity index is -0.0000000233. The molecule has 7 heteroatoms. The second-order valence-corrected chi connectivity index (χ2v) is 0.729. The molecule has 0 aromatic carbocycles. The van der Waals surface area contributed by atoms with Crippen LogP contribution in [0.15, 0.2) is 0 Å². The molecule has 0 amide bonds. The van der Waals surface area contributed by atoms with Crippen LogP contribution in [0.3, 0.4) is 0 Å². The van der Waals surface area contributed by atoms with E-state index in [4.69, 9.17) is 10.7 Å². The molecule has 9 heavy (non-hydrogen) atoms. The fraction of sp³-hybridized carbons (Fsp3) is 0. The topological polar surface area (TPSA) is 99.7 Å². The van der Waals surface area contributed by atoms with Crippen molar-refractivity contribution in [2.45, 2.75) is 0 Å². The van der Waals surface area contributed by atoms with Crippen molar-refractivity contribution in [3.05, 3.63) is 0 Å². The number of guanidine groups is 1. The number of nitriles is 1. The molecule has 0 heterocycles. The van der Waals surface area contributed by atoms with Gasteiger partial charge in [0.2, 0.25) is 0 Å². The molecule has 0 aliphatic rings. The molecule has 0 spiro atoms. The van der Waals surface area contributed by atoms with Crippen LogP contribution < -0.4 is 30.3 Å². The zero-order valence-electron chi connectivity index (χ0n) is 4.92. The van der Waals surface area contributed by atoms with Gasteiger partial charge in [0.15, 0.2) is 5.96 Å². The number of hydrogen-bond acceptors (Lipinski definition) is 3. The summed E-state index contributed by atoms with van der Waals surface area (Å²) in [6, 6.07) is 0. The van der Waals surface area contributed by atoms with E-state index in [0.29, 0.717) is 0 Å². The van der Waals surface area contributed by atoms with Crippen molar-refractivity contribution < 1.29 is 18.9 Å². The van der Waals surface area contributed by atoms with Crippen molar-refractivity contribution in [2.24, 2.45) is 11.5 Å². The van der Waals surface area contributed by atoms with E-state index in [1.807, 2.05) is 0 Å². The fourth-order valence-corrected chi connectivity index (χ4v) is 0. The summed E-state index contributed by atoms with van der Waals surface area (Å²) in [6.07, 6.45) is 0. The van der Waals surface area contributed by atoms with Gasteiger partial charge in [-0.25, -0.2) is 5.26 Å². The van der Waals surface area contributed by atoms with Crippen LogP contribution in [0, 0.1) is 16.1 Å². The summed E-state index contributed by atoms with van der Waals surface area (Å²) in [5.41, 5.74) is 8.94. The van der Waals surface area contributed by atoms with Crippen LogP contribution in [0.4, 0.5) is 0 Å². The molecular weight excluding hydrogens is 155 g/mol. The van der Waals surface area contributed by atoms with Crippen molar-refractivity contribution in [1.82, 2.24) is 0 Å². The number of nitrogens with two attached hydrogens (primary N) is 2. The van der Waals surface area contributed by atoms with Gasteiger partial charge >= 0.3 is 18.9 Å². The first kappa shape index (κ1) is 23.2. The zero-order chi connectivity index (χ0) is 6.28. The molecule has 0 radical (unpaired) electrons. The molecule has 0 aliphatic heterocycles. The molecule has 0 aromatic heterocycles. The van der Waals surface area contributed by atoms with Crippen LogP contribution in [-0.4, -0.2) is 5.96 Å². The van der Waals surface area contributed by atoms with Crippen molar-refractivity contribution >= 4 is 31.0 Å². The normalized spacial score (nSPS) is 3.44. The maximum absolute atomic E-state index is 7.13. The van der Waals surface area contributed by atoms with Crippen LogP contribution in [-0.2, 0) is 12.6 Å². The summed E-state index contributed by atoms with van der Waals surface area (Å²) in [4.78, 5) is 0. The summed E-state index contributed by atoms with van der Waals surface area (Å²) in [6.45, 7) is 0. The summed E-state index contributed by atoms with van der Waals surface area (Å²) in [5, 5.41) is 14.5. The Labute approximate surface area is 77.5 Å². The Bertz CT molecular complexity index is 87.1. The largest absolute Gasteiger partial charge is 1.00 e. The van der Waals surface area contributed by atoms with Crippen LogP contribution in [0.1, 0.15) is 0 Å². The first-order valence-corrected chi connectivity index (χ1v) is 1.66. The number of nitrogens with one attached hydrogen (secondary N) is 1. The molecular formula is C2H6ClLiN4S. The quantitative estimate of drug-likeness (QED) is 0.112. The van der Waals surface area contributed by atoms with Gasteiger partial charge in [0, 0.05) is 0 Å². The molecule has 0 aromatic rings. The predicted octanol–water partition coefficient (Wildman–Crippen LogP) is -3.72. The second kappa shape index (κ2) is 24.8. The van der Waals surface area contributed by atoms with Crippen LogP contribution in [0.5, 0.6) is 0 Å². The maximum atomic E-state index is 7.13. The van der Waals surface area contributed by atoms with Gasteiger partial charge in [-0.2, -0.15) is 0 Å². The van der Waals surface area contributed by atoms with Gasteiger partial charge < -0.3 is 24.1 Å². The van der Waals surface area contributed by atoms with Crippen LogP contribution >= 0.6 is 12.4 Å². The minimum atomic E-state index is -0.333. The van der Waals surface area contributed by atoms with Gasteiger partial charge in [-0.3, -0.25) is 5.41 Å². The number of hydrogen-bond donors (Lipinski definition) is 3. The molecule has 4 nitrogen and oxygen atoms in total.